The summed E-state index contributed by atoms with van der Waals surface area (Å²) in [6, 6.07) is 5.75. The first-order chi connectivity index (χ1) is 9.28. The fourth-order valence-corrected chi connectivity index (χ4v) is 3.84. The molecule has 1 aliphatic heterocycles. The van der Waals surface area contributed by atoms with Crippen molar-refractivity contribution >= 4 is 22.8 Å². The molecule has 1 fully saturated rings. The van der Waals surface area contributed by atoms with Crippen LogP contribution in [0.1, 0.15) is 12.8 Å². The SMILES string of the molecule is COc1ccc2c(c1)[nH]c(=O)n2CC1CCSCC1. The van der Waals surface area contributed by atoms with Gasteiger partial charge in [0.25, 0.3) is 0 Å². The third kappa shape index (κ3) is 2.52. The Balaban J connectivity index is 1.93. The minimum Gasteiger partial charge on any atom is -0.497 e. The van der Waals surface area contributed by atoms with Gasteiger partial charge >= 0.3 is 5.69 Å². The Morgan fingerprint density at radius 3 is 2.95 bits per heavy atom. The average Bonchev–Trinajstić information content (AvgIpc) is 2.75. The number of H-pyrrole nitrogens is 1. The van der Waals surface area contributed by atoms with Crippen LogP contribution in [0.4, 0.5) is 0 Å². The predicted octanol–water partition coefficient (Wildman–Crippen LogP) is 2.48. The van der Waals surface area contributed by atoms with E-state index in [-0.39, 0.29) is 5.69 Å². The quantitative estimate of drug-likeness (QED) is 0.938. The van der Waals surface area contributed by atoms with Crippen molar-refractivity contribution in [2.24, 2.45) is 5.92 Å². The molecule has 1 N–H and O–H groups in total. The molecule has 4 nitrogen and oxygen atoms in total. The number of nitrogens with zero attached hydrogens (tertiary/aromatic N) is 1. The maximum absolute atomic E-state index is 12.1. The molecular weight excluding hydrogens is 260 g/mol. The Labute approximate surface area is 116 Å². The van der Waals surface area contributed by atoms with Gasteiger partial charge in [-0.3, -0.25) is 4.57 Å². The number of hydrogen-bond acceptors (Lipinski definition) is 3. The molecule has 1 aliphatic rings. The van der Waals surface area contributed by atoms with Crippen LogP contribution in [0, 0.1) is 5.92 Å². The first-order valence-electron chi connectivity index (χ1n) is 6.62. The van der Waals surface area contributed by atoms with Crippen molar-refractivity contribution in [1.29, 1.82) is 0 Å². The molecule has 19 heavy (non-hydrogen) atoms. The van der Waals surface area contributed by atoms with Crippen molar-refractivity contribution in [3.05, 3.63) is 28.7 Å². The minimum atomic E-state index is -0.0125. The Bertz CT molecular complexity index is 626. The number of fused-ring (bicyclic) bond motifs is 1. The van der Waals surface area contributed by atoms with Gasteiger partial charge in [0.1, 0.15) is 5.75 Å². The number of aromatic nitrogens is 2. The molecule has 1 saturated heterocycles. The summed E-state index contributed by atoms with van der Waals surface area (Å²) >= 11 is 2.01. The van der Waals surface area contributed by atoms with Crippen LogP contribution in [0.25, 0.3) is 11.0 Å². The zero-order chi connectivity index (χ0) is 13.2. The molecule has 0 saturated carbocycles. The molecule has 1 aromatic carbocycles. The molecule has 0 aliphatic carbocycles. The van der Waals surface area contributed by atoms with Gasteiger partial charge < -0.3 is 9.72 Å². The largest absolute Gasteiger partial charge is 0.497 e. The first-order valence-corrected chi connectivity index (χ1v) is 7.77. The Morgan fingerprint density at radius 1 is 1.42 bits per heavy atom. The van der Waals surface area contributed by atoms with Crippen molar-refractivity contribution in [3.63, 3.8) is 0 Å². The number of ether oxygens (including phenoxy) is 1. The van der Waals surface area contributed by atoms with E-state index < -0.39 is 0 Å². The normalized spacial score (nSPS) is 16.9. The predicted molar refractivity (Wildman–Crippen MR) is 79.2 cm³/mol. The summed E-state index contributed by atoms with van der Waals surface area (Å²) in [4.78, 5) is 15.0. The molecular formula is C14H18N2O2S. The maximum atomic E-state index is 12.1. The summed E-state index contributed by atoms with van der Waals surface area (Å²) in [5, 5.41) is 0. The second-order valence-electron chi connectivity index (χ2n) is 4.98. The number of rotatable bonds is 3. The van der Waals surface area contributed by atoms with E-state index in [0.717, 1.165) is 23.3 Å². The van der Waals surface area contributed by atoms with Crippen LogP contribution < -0.4 is 10.4 Å². The van der Waals surface area contributed by atoms with E-state index in [1.807, 2.05) is 34.5 Å². The van der Waals surface area contributed by atoms with Crippen molar-refractivity contribution < 1.29 is 4.74 Å². The molecule has 0 unspecified atom stereocenters. The van der Waals surface area contributed by atoms with Gasteiger partial charge in [-0.05, 0) is 42.4 Å². The third-order valence-corrected chi connectivity index (χ3v) is 4.81. The monoisotopic (exact) mass is 278 g/mol. The van der Waals surface area contributed by atoms with Crippen molar-refractivity contribution in [3.8, 4) is 5.75 Å². The molecule has 102 valence electrons. The molecule has 2 aromatic rings. The molecule has 0 spiro atoms. The molecule has 5 heteroatoms. The summed E-state index contributed by atoms with van der Waals surface area (Å²) in [6.45, 7) is 0.825. The lowest BCUT2D eigenvalue weighted by molar-refractivity contribution is 0.414. The van der Waals surface area contributed by atoms with Gasteiger partial charge in [0.15, 0.2) is 0 Å². The smallest absolute Gasteiger partial charge is 0.326 e. The first kappa shape index (κ1) is 12.7. The van der Waals surface area contributed by atoms with Crippen LogP contribution in [-0.4, -0.2) is 28.2 Å². The van der Waals surface area contributed by atoms with Gasteiger partial charge in [-0.25, -0.2) is 4.79 Å². The number of thioether (sulfide) groups is 1. The lowest BCUT2D eigenvalue weighted by Gasteiger charge is -2.21. The van der Waals surface area contributed by atoms with E-state index in [2.05, 4.69) is 4.98 Å². The van der Waals surface area contributed by atoms with Gasteiger partial charge in [0, 0.05) is 12.6 Å². The molecule has 3 rings (SSSR count). The molecule has 0 bridgehead atoms. The molecule has 2 heterocycles. The van der Waals surface area contributed by atoms with Crippen LogP contribution in [0.3, 0.4) is 0 Å². The average molecular weight is 278 g/mol. The topological polar surface area (TPSA) is 47.0 Å². The van der Waals surface area contributed by atoms with Gasteiger partial charge in [-0.1, -0.05) is 0 Å². The molecule has 0 atom stereocenters. The van der Waals surface area contributed by atoms with Crippen LogP contribution in [0.15, 0.2) is 23.0 Å². The third-order valence-electron chi connectivity index (χ3n) is 3.76. The van der Waals surface area contributed by atoms with Gasteiger partial charge in [0.05, 0.1) is 18.1 Å². The van der Waals surface area contributed by atoms with E-state index in [0.29, 0.717) is 5.92 Å². The fraction of sp³-hybridized carbons (Fsp3) is 0.500. The molecule has 0 radical (unpaired) electrons. The van der Waals surface area contributed by atoms with Crippen LogP contribution in [-0.2, 0) is 6.54 Å². The summed E-state index contributed by atoms with van der Waals surface area (Å²) in [5.41, 5.74) is 1.82. The zero-order valence-corrected chi connectivity index (χ0v) is 11.8. The molecule has 0 amide bonds. The lowest BCUT2D eigenvalue weighted by Crippen LogP contribution is -2.23. The van der Waals surface area contributed by atoms with E-state index in [9.17, 15) is 4.79 Å². The van der Waals surface area contributed by atoms with E-state index in [4.69, 9.17) is 4.74 Å². The fourth-order valence-electron chi connectivity index (χ4n) is 2.64. The highest BCUT2D eigenvalue weighted by Gasteiger charge is 2.17. The minimum absolute atomic E-state index is 0.0125. The number of benzene rings is 1. The van der Waals surface area contributed by atoms with E-state index in [1.54, 1.807) is 7.11 Å². The summed E-state index contributed by atoms with van der Waals surface area (Å²) in [6.07, 6.45) is 2.42. The summed E-state index contributed by atoms with van der Waals surface area (Å²) in [5.74, 6) is 3.83. The van der Waals surface area contributed by atoms with Crippen molar-refractivity contribution in [2.75, 3.05) is 18.6 Å². The number of imidazole rings is 1. The van der Waals surface area contributed by atoms with Crippen molar-refractivity contribution in [1.82, 2.24) is 9.55 Å². The number of aromatic amines is 1. The molecule has 1 aromatic heterocycles. The number of methoxy groups -OCH3 is 1. The Morgan fingerprint density at radius 2 is 2.21 bits per heavy atom. The van der Waals surface area contributed by atoms with Crippen molar-refractivity contribution in [2.45, 2.75) is 19.4 Å². The maximum Gasteiger partial charge on any atom is 0.326 e. The highest BCUT2D eigenvalue weighted by molar-refractivity contribution is 7.99. The van der Waals surface area contributed by atoms with E-state index in [1.165, 1.54) is 24.3 Å². The highest BCUT2D eigenvalue weighted by atomic mass is 32.2. The van der Waals surface area contributed by atoms with Gasteiger partial charge in [-0.2, -0.15) is 11.8 Å². The van der Waals surface area contributed by atoms with Crippen LogP contribution in [0.2, 0.25) is 0 Å². The Kier molecular flexibility index (Phi) is 3.55. The standard InChI is InChI=1S/C14H18N2O2S/c1-18-11-2-3-13-12(8-11)15-14(17)16(13)9-10-4-6-19-7-5-10/h2-3,8,10H,4-7,9H2,1H3,(H,15,17). The lowest BCUT2D eigenvalue weighted by atomic mass is 10.0. The highest BCUT2D eigenvalue weighted by Crippen LogP contribution is 2.25. The number of hydrogen-bond donors (Lipinski definition) is 1. The summed E-state index contributed by atoms with van der Waals surface area (Å²) < 4.78 is 7.06. The van der Waals surface area contributed by atoms with Gasteiger partial charge in [-0.15, -0.1) is 0 Å². The van der Waals surface area contributed by atoms with Gasteiger partial charge in [0.2, 0.25) is 0 Å². The second-order valence-corrected chi connectivity index (χ2v) is 6.20. The second kappa shape index (κ2) is 5.33. The van der Waals surface area contributed by atoms with Crippen LogP contribution in [0.5, 0.6) is 5.75 Å². The number of nitrogens with one attached hydrogen (secondary N) is 1. The summed E-state index contributed by atoms with van der Waals surface area (Å²) in [7, 11) is 1.63. The zero-order valence-electron chi connectivity index (χ0n) is 11.0. The van der Waals surface area contributed by atoms with E-state index >= 15 is 0 Å². The Hall–Kier alpha value is -1.36. The van der Waals surface area contributed by atoms with Crippen LogP contribution >= 0.6 is 11.8 Å².